The zero-order valence-electron chi connectivity index (χ0n) is 19.5. The molecule has 2 unspecified atom stereocenters. The Hall–Kier alpha value is -3.20. The molecule has 3 heterocycles. The molecule has 4 rings (SSSR count). The first-order chi connectivity index (χ1) is 16.0. The number of amides is 1. The van der Waals surface area contributed by atoms with Gasteiger partial charge in [0.25, 0.3) is 5.56 Å². The van der Waals surface area contributed by atoms with E-state index in [2.05, 4.69) is 39.1 Å². The van der Waals surface area contributed by atoms with Gasteiger partial charge in [0.2, 0.25) is 11.9 Å². The Kier molecular flexibility index (Phi) is 7.08. The highest BCUT2D eigenvalue weighted by Crippen LogP contribution is 2.25. The van der Waals surface area contributed by atoms with E-state index in [1.807, 2.05) is 36.1 Å². The maximum Gasteiger partial charge on any atom is 0.255 e. The van der Waals surface area contributed by atoms with Gasteiger partial charge in [-0.2, -0.15) is 0 Å². The molecule has 1 aliphatic rings. The first-order valence-electron chi connectivity index (χ1n) is 11.6. The number of morpholine rings is 1. The largest absolute Gasteiger partial charge is 0.378 e. The van der Waals surface area contributed by atoms with Crippen molar-refractivity contribution in [2.24, 2.45) is 5.92 Å². The zero-order valence-corrected chi connectivity index (χ0v) is 19.5. The third-order valence-electron chi connectivity index (χ3n) is 6.35. The van der Waals surface area contributed by atoms with E-state index >= 15 is 0 Å². The number of aromatic amines is 2. The van der Waals surface area contributed by atoms with Gasteiger partial charge in [0.05, 0.1) is 30.3 Å². The number of para-hydroxylation sites is 2. The summed E-state index contributed by atoms with van der Waals surface area (Å²) >= 11 is 0. The maximum atomic E-state index is 12.9. The molecule has 1 saturated heterocycles. The van der Waals surface area contributed by atoms with E-state index in [-0.39, 0.29) is 29.8 Å². The van der Waals surface area contributed by atoms with Gasteiger partial charge >= 0.3 is 0 Å². The van der Waals surface area contributed by atoms with Crippen LogP contribution in [0.15, 0.2) is 29.1 Å². The molecular formula is C24H32N6O3. The minimum atomic E-state index is -0.226. The summed E-state index contributed by atoms with van der Waals surface area (Å²) in [5.41, 5.74) is 2.84. The SMILES string of the molecule is CCC(C)C(NC(=O)CCc1c(C)nc(N2CCOCC2)[nH]c1=O)c1nc2ccccc2[nH]1. The lowest BCUT2D eigenvalue weighted by Gasteiger charge is -2.27. The molecule has 2 aromatic heterocycles. The van der Waals surface area contributed by atoms with Crippen LogP contribution in [0.1, 0.15) is 49.8 Å². The van der Waals surface area contributed by atoms with Crippen LogP contribution in [0.3, 0.4) is 0 Å². The number of carbonyl (C=O) groups is 1. The highest BCUT2D eigenvalue weighted by Gasteiger charge is 2.24. The van der Waals surface area contributed by atoms with Crippen LogP contribution < -0.4 is 15.8 Å². The molecule has 2 atom stereocenters. The summed E-state index contributed by atoms with van der Waals surface area (Å²) in [4.78, 5) is 43.1. The van der Waals surface area contributed by atoms with Crippen molar-refractivity contribution < 1.29 is 9.53 Å². The average molecular weight is 453 g/mol. The maximum absolute atomic E-state index is 12.9. The van der Waals surface area contributed by atoms with E-state index < -0.39 is 0 Å². The van der Waals surface area contributed by atoms with E-state index in [9.17, 15) is 9.59 Å². The Morgan fingerprint density at radius 3 is 2.67 bits per heavy atom. The lowest BCUT2D eigenvalue weighted by molar-refractivity contribution is -0.122. The lowest BCUT2D eigenvalue weighted by atomic mass is 9.98. The summed E-state index contributed by atoms with van der Waals surface area (Å²) in [6, 6.07) is 7.61. The first kappa shape index (κ1) is 23.0. The summed E-state index contributed by atoms with van der Waals surface area (Å²) in [5, 5.41) is 3.13. The number of aryl methyl sites for hydroxylation is 1. The molecule has 3 N–H and O–H groups in total. The topological polar surface area (TPSA) is 116 Å². The van der Waals surface area contributed by atoms with Gasteiger partial charge in [-0.25, -0.2) is 9.97 Å². The van der Waals surface area contributed by atoms with Crippen molar-refractivity contribution in [3.63, 3.8) is 0 Å². The molecule has 0 saturated carbocycles. The van der Waals surface area contributed by atoms with Gasteiger partial charge in [-0.05, 0) is 31.4 Å². The molecule has 0 spiro atoms. The average Bonchev–Trinajstić information content (AvgIpc) is 3.26. The fourth-order valence-electron chi connectivity index (χ4n) is 4.13. The number of carbonyl (C=O) groups excluding carboxylic acids is 1. The molecule has 0 bridgehead atoms. The van der Waals surface area contributed by atoms with E-state index in [0.29, 0.717) is 49.9 Å². The number of aromatic nitrogens is 4. The van der Waals surface area contributed by atoms with Crippen LogP contribution in [0, 0.1) is 12.8 Å². The second-order valence-electron chi connectivity index (χ2n) is 8.62. The Morgan fingerprint density at radius 2 is 1.97 bits per heavy atom. The summed E-state index contributed by atoms with van der Waals surface area (Å²) in [5.74, 6) is 1.41. The third kappa shape index (κ3) is 5.24. The van der Waals surface area contributed by atoms with Gasteiger partial charge < -0.3 is 19.9 Å². The standard InChI is InChI=1S/C24H32N6O3/c1-4-15(2)21(22-26-18-7-5-6-8-19(18)27-22)28-20(31)10-9-17-16(3)25-24(29-23(17)32)30-11-13-33-14-12-30/h5-8,15,21H,4,9-14H2,1-3H3,(H,26,27)(H,28,31)(H,25,29,32). The number of imidazole rings is 1. The summed E-state index contributed by atoms with van der Waals surface area (Å²) in [6.45, 7) is 8.65. The Balaban J connectivity index is 1.44. The third-order valence-corrected chi connectivity index (χ3v) is 6.35. The van der Waals surface area contributed by atoms with Crippen LogP contribution in [-0.2, 0) is 16.0 Å². The second-order valence-corrected chi connectivity index (χ2v) is 8.62. The summed E-state index contributed by atoms with van der Waals surface area (Å²) < 4.78 is 5.36. The normalized spacial score (nSPS) is 16.0. The van der Waals surface area contributed by atoms with Crippen molar-refractivity contribution in [3.8, 4) is 0 Å². The number of anilines is 1. The van der Waals surface area contributed by atoms with E-state index in [0.717, 1.165) is 23.3 Å². The van der Waals surface area contributed by atoms with Crippen molar-refractivity contribution in [1.82, 2.24) is 25.3 Å². The molecule has 3 aromatic rings. The van der Waals surface area contributed by atoms with Gasteiger partial charge in [-0.1, -0.05) is 32.4 Å². The van der Waals surface area contributed by atoms with Gasteiger partial charge in [0.1, 0.15) is 5.82 Å². The number of nitrogens with zero attached hydrogens (tertiary/aromatic N) is 3. The van der Waals surface area contributed by atoms with Gasteiger partial charge in [-0.3, -0.25) is 14.6 Å². The highest BCUT2D eigenvalue weighted by atomic mass is 16.5. The fraction of sp³-hybridized carbons (Fsp3) is 0.500. The van der Waals surface area contributed by atoms with Crippen molar-refractivity contribution in [3.05, 3.63) is 51.7 Å². The molecular weight excluding hydrogens is 420 g/mol. The lowest BCUT2D eigenvalue weighted by Crippen LogP contribution is -2.39. The number of ether oxygens (including phenoxy) is 1. The zero-order chi connectivity index (χ0) is 23.4. The molecule has 1 aromatic carbocycles. The van der Waals surface area contributed by atoms with Crippen LogP contribution in [0.25, 0.3) is 11.0 Å². The fourth-order valence-corrected chi connectivity index (χ4v) is 4.13. The van der Waals surface area contributed by atoms with E-state index in [4.69, 9.17) is 4.74 Å². The van der Waals surface area contributed by atoms with Crippen LogP contribution in [-0.4, -0.2) is 52.1 Å². The summed E-state index contributed by atoms with van der Waals surface area (Å²) in [7, 11) is 0. The smallest absolute Gasteiger partial charge is 0.255 e. The number of fused-ring (bicyclic) bond motifs is 1. The van der Waals surface area contributed by atoms with E-state index in [1.54, 1.807) is 0 Å². The summed E-state index contributed by atoms with van der Waals surface area (Å²) in [6.07, 6.45) is 1.43. The molecule has 33 heavy (non-hydrogen) atoms. The molecule has 9 heteroatoms. The number of hydrogen-bond acceptors (Lipinski definition) is 6. The minimum absolute atomic E-state index is 0.114. The minimum Gasteiger partial charge on any atom is -0.378 e. The molecule has 0 aliphatic carbocycles. The van der Waals surface area contributed by atoms with Crippen LogP contribution in [0.2, 0.25) is 0 Å². The Morgan fingerprint density at radius 1 is 1.21 bits per heavy atom. The van der Waals surface area contributed by atoms with Crippen molar-refractivity contribution >= 4 is 22.9 Å². The molecule has 1 amide bonds. The number of H-pyrrole nitrogens is 2. The number of nitrogens with one attached hydrogen (secondary N) is 3. The highest BCUT2D eigenvalue weighted by molar-refractivity contribution is 5.77. The second kappa shape index (κ2) is 10.2. The molecule has 176 valence electrons. The van der Waals surface area contributed by atoms with Crippen LogP contribution >= 0.6 is 0 Å². The van der Waals surface area contributed by atoms with Crippen LogP contribution in [0.4, 0.5) is 5.95 Å². The molecule has 9 nitrogen and oxygen atoms in total. The van der Waals surface area contributed by atoms with E-state index in [1.165, 1.54) is 0 Å². The Bertz CT molecular complexity index is 1130. The first-order valence-corrected chi connectivity index (χ1v) is 11.6. The van der Waals surface area contributed by atoms with Gasteiger partial charge in [0.15, 0.2) is 0 Å². The number of rotatable bonds is 8. The van der Waals surface area contributed by atoms with Gasteiger partial charge in [0, 0.05) is 30.8 Å². The quantitative estimate of drug-likeness (QED) is 0.484. The monoisotopic (exact) mass is 452 g/mol. The van der Waals surface area contributed by atoms with Crippen molar-refractivity contribution in [2.45, 2.75) is 46.1 Å². The predicted molar refractivity (Wildman–Crippen MR) is 127 cm³/mol. The molecule has 1 fully saturated rings. The van der Waals surface area contributed by atoms with Crippen molar-refractivity contribution in [1.29, 1.82) is 0 Å². The predicted octanol–water partition coefficient (Wildman–Crippen LogP) is 2.63. The number of hydrogen-bond donors (Lipinski definition) is 3. The molecule has 0 radical (unpaired) electrons. The van der Waals surface area contributed by atoms with Crippen LogP contribution in [0.5, 0.6) is 0 Å². The number of benzene rings is 1. The Labute approximate surface area is 193 Å². The van der Waals surface area contributed by atoms with Crippen molar-refractivity contribution in [2.75, 3.05) is 31.2 Å². The molecule has 1 aliphatic heterocycles. The van der Waals surface area contributed by atoms with Gasteiger partial charge in [-0.15, -0.1) is 0 Å².